The Labute approximate surface area is 203 Å². The van der Waals surface area contributed by atoms with E-state index in [-0.39, 0.29) is 29.2 Å². The predicted octanol–water partition coefficient (Wildman–Crippen LogP) is 2.67. The molecule has 1 saturated carbocycles. The molecule has 1 aliphatic heterocycles. The highest BCUT2D eigenvalue weighted by atomic mass is 79.9. The van der Waals surface area contributed by atoms with Gasteiger partial charge in [-0.15, -0.1) is 6.58 Å². The van der Waals surface area contributed by atoms with Crippen molar-refractivity contribution in [2.45, 2.75) is 37.5 Å². The molecule has 0 bridgehead atoms. The molecule has 2 aliphatic rings. The summed E-state index contributed by atoms with van der Waals surface area (Å²) in [4.78, 5) is 25.8. The SMILES string of the molecule is C=CCCS(=O)(=O)NC[C@@]12C[C@@H](C(=O)Nc3nc(Br)ccc3C=C)N[C@@H]1C2.O=C(O)C(F)(F)F. The van der Waals surface area contributed by atoms with Crippen molar-refractivity contribution in [3.05, 3.63) is 41.5 Å². The summed E-state index contributed by atoms with van der Waals surface area (Å²) in [6.07, 6.45) is 0.00948. The van der Waals surface area contributed by atoms with Crippen LogP contribution in [0.15, 0.2) is 36.0 Å². The van der Waals surface area contributed by atoms with Crippen LogP contribution in [0.3, 0.4) is 0 Å². The minimum Gasteiger partial charge on any atom is -0.475 e. The number of rotatable bonds is 9. The quantitative estimate of drug-likeness (QED) is 0.265. The monoisotopic (exact) mass is 568 g/mol. The van der Waals surface area contributed by atoms with Gasteiger partial charge in [0.25, 0.3) is 0 Å². The van der Waals surface area contributed by atoms with Gasteiger partial charge in [0.1, 0.15) is 10.4 Å². The summed E-state index contributed by atoms with van der Waals surface area (Å²) < 4.78 is 59.0. The lowest BCUT2D eigenvalue weighted by molar-refractivity contribution is -0.192. The number of carbonyl (C=O) groups excluding carboxylic acids is 1. The number of piperidine rings is 1. The third-order valence-electron chi connectivity index (χ3n) is 5.35. The van der Waals surface area contributed by atoms with Gasteiger partial charge in [0.2, 0.25) is 15.9 Å². The molecule has 1 aromatic rings. The number of hydrogen-bond acceptors (Lipinski definition) is 6. The number of carbonyl (C=O) groups is 2. The first-order valence-electron chi connectivity index (χ1n) is 9.97. The molecule has 34 heavy (non-hydrogen) atoms. The van der Waals surface area contributed by atoms with Gasteiger partial charge in [0.05, 0.1) is 11.8 Å². The number of nitrogens with one attached hydrogen (secondary N) is 3. The second kappa shape index (κ2) is 11.0. The van der Waals surface area contributed by atoms with E-state index in [0.717, 1.165) is 12.0 Å². The molecule has 3 rings (SSSR count). The van der Waals surface area contributed by atoms with E-state index in [2.05, 4.69) is 49.4 Å². The van der Waals surface area contributed by atoms with Gasteiger partial charge in [0.15, 0.2) is 0 Å². The molecular formula is C20H24BrF3N4O5S. The Bertz CT molecular complexity index is 1070. The summed E-state index contributed by atoms with van der Waals surface area (Å²) in [6, 6.07) is 3.38. The molecule has 0 radical (unpaired) electrons. The first-order valence-corrected chi connectivity index (χ1v) is 12.4. The van der Waals surface area contributed by atoms with Crippen LogP contribution in [0.5, 0.6) is 0 Å². The summed E-state index contributed by atoms with van der Waals surface area (Å²) in [5.41, 5.74) is 0.550. The molecule has 1 saturated heterocycles. The Morgan fingerprint density at radius 1 is 1.32 bits per heavy atom. The van der Waals surface area contributed by atoms with Crippen LogP contribution < -0.4 is 15.4 Å². The minimum atomic E-state index is -5.08. The number of fused-ring (bicyclic) bond motifs is 1. The van der Waals surface area contributed by atoms with Crippen LogP contribution in [0.2, 0.25) is 0 Å². The zero-order chi connectivity index (χ0) is 25.7. The average molecular weight is 569 g/mol. The standard InChI is InChI=1S/C18H23BrN4O3S.C2HF3O2/c1-3-5-8-27(25,26)20-11-18-9-13(21-14(18)10-18)17(24)23-16-12(4-2)6-7-15(19)22-16;3-2(4,5)1(6)7/h3-4,6-7,13-14,20-21H,1-2,5,8-11H2,(H,22,23,24);(H,6,7)/t13-,14+,18-;/m0./s1. The largest absolute Gasteiger partial charge is 0.490 e. The molecule has 2 fully saturated rings. The van der Waals surface area contributed by atoms with Crippen molar-refractivity contribution in [1.82, 2.24) is 15.0 Å². The van der Waals surface area contributed by atoms with Gasteiger partial charge in [-0.2, -0.15) is 13.2 Å². The van der Waals surface area contributed by atoms with Crippen LogP contribution in [-0.2, 0) is 19.6 Å². The van der Waals surface area contributed by atoms with Gasteiger partial charge in [-0.3, -0.25) is 4.79 Å². The van der Waals surface area contributed by atoms with E-state index in [1.165, 1.54) is 0 Å². The summed E-state index contributed by atoms with van der Waals surface area (Å²) in [6.45, 7) is 7.62. The number of hydrogen-bond donors (Lipinski definition) is 4. The van der Waals surface area contributed by atoms with Gasteiger partial charge in [-0.1, -0.05) is 18.7 Å². The molecule has 9 nitrogen and oxygen atoms in total. The maximum Gasteiger partial charge on any atom is 0.490 e. The van der Waals surface area contributed by atoms with E-state index in [1.807, 2.05) is 6.07 Å². The lowest BCUT2D eigenvalue weighted by Crippen LogP contribution is -2.38. The Morgan fingerprint density at radius 3 is 2.53 bits per heavy atom. The molecule has 4 N–H and O–H groups in total. The van der Waals surface area contributed by atoms with Crippen molar-refractivity contribution in [3.8, 4) is 0 Å². The van der Waals surface area contributed by atoms with E-state index in [9.17, 15) is 26.4 Å². The molecule has 0 unspecified atom stereocenters. The second-order valence-corrected chi connectivity index (χ2v) is 10.6. The number of amides is 1. The van der Waals surface area contributed by atoms with E-state index in [4.69, 9.17) is 9.90 Å². The second-order valence-electron chi connectivity index (χ2n) is 7.83. The third kappa shape index (κ3) is 7.61. The molecule has 1 aromatic heterocycles. The van der Waals surface area contributed by atoms with Gasteiger partial charge in [-0.25, -0.2) is 22.9 Å². The number of anilines is 1. The first-order chi connectivity index (χ1) is 15.7. The first kappa shape index (κ1) is 28.0. The summed E-state index contributed by atoms with van der Waals surface area (Å²) in [7, 11) is -3.32. The van der Waals surface area contributed by atoms with Crippen molar-refractivity contribution >= 4 is 49.7 Å². The number of pyridine rings is 1. The highest BCUT2D eigenvalue weighted by Crippen LogP contribution is 2.54. The van der Waals surface area contributed by atoms with Crippen molar-refractivity contribution in [2.75, 3.05) is 17.6 Å². The molecule has 0 spiro atoms. The molecule has 3 atom stereocenters. The van der Waals surface area contributed by atoms with Crippen LogP contribution >= 0.6 is 15.9 Å². The van der Waals surface area contributed by atoms with E-state index < -0.39 is 22.2 Å². The highest BCUT2D eigenvalue weighted by molar-refractivity contribution is 9.10. The molecule has 0 aromatic carbocycles. The number of aromatic nitrogens is 1. The van der Waals surface area contributed by atoms with Crippen molar-refractivity contribution in [3.63, 3.8) is 0 Å². The van der Waals surface area contributed by atoms with E-state index in [1.54, 1.807) is 18.2 Å². The van der Waals surface area contributed by atoms with Gasteiger partial charge in [-0.05, 0) is 47.3 Å². The number of carboxylic acids is 1. The molecular weight excluding hydrogens is 545 g/mol. The smallest absolute Gasteiger partial charge is 0.475 e. The third-order valence-corrected chi connectivity index (χ3v) is 7.15. The summed E-state index contributed by atoms with van der Waals surface area (Å²) >= 11 is 3.30. The normalized spacial score (nSPS) is 23.2. The molecule has 1 aliphatic carbocycles. The van der Waals surface area contributed by atoms with Crippen LogP contribution in [-0.4, -0.2) is 60.9 Å². The Morgan fingerprint density at radius 2 is 1.97 bits per heavy atom. The topological polar surface area (TPSA) is 137 Å². The fourth-order valence-corrected chi connectivity index (χ4v) is 4.87. The van der Waals surface area contributed by atoms with Crippen molar-refractivity contribution < 1.29 is 36.3 Å². The number of nitrogens with zero attached hydrogens (tertiary/aromatic N) is 1. The van der Waals surface area contributed by atoms with E-state index >= 15 is 0 Å². The molecule has 188 valence electrons. The van der Waals surface area contributed by atoms with Gasteiger partial charge < -0.3 is 15.7 Å². The molecule has 2 heterocycles. The zero-order valence-corrected chi connectivity index (χ0v) is 20.3. The number of alkyl halides is 3. The summed E-state index contributed by atoms with van der Waals surface area (Å²) in [5.74, 6) is -2.45. The van der Waals surface area contributed by atoms with Gasteiger partial charge >= 0.3 is 12.1 Å². The number of sulfonamides is 1. The number of aliphatic carboxylic acids is 1. The maximum absolute atomic E-state index is 12.6. The highest BCUT2D eigenvalue weighted by Gasteiger charge is 2.61. The lowest BCUT2D eigenvalue weighted by atomic mass is 9.99. The number of allylic oxidation sites excluding steroid dienone is 1. The number of carboxylic acid groups (broad SMARTS) is 1. The predicted molar refractivity (Wildman–Crippen MR) is 123 cm³/mol. The van der Waals surface area contributed by atoms with Crippen LogP contribution in [0, 0.1) is 5.41 Å². The van der Waals surface area contributed by atoms with Crippen LogP contribution in [0.1, 0.15) is 24.8 Å². The van der Waals surface area contributed by atoms with Crippen molar-refractivity contribution in [2.24, 2.45) is 5.41 Å². The van der Waals surface area contributed by atoms with Gasteiger partial charge in [0, 0.05) is 23.6 Å². The fraction of sp³-hybridized carbons (Fsp3) is 0.450. The maximum atomic E-state index is 12.6. The number of halogens is 4. The minimum absolute atomic E-state index is 0.0352. The Kier molecular flexibility index (Phi) is 9.02. The molecule has 1 amide bonds. The lowest BCUT2D eigenvalue weighted by Gasteiger charge is -2.17. The fourth-order valence-electron chi connectivity index (χ4n) is 3.43. The van der Waals surface area contributed by atoms with Crippen LogP contribution in [0.4, 0.5) is 19.0 Å². The van der Waals surface area contributed by atoms with E-state index in [0.29, 0.717) is 29.8 Å². The average Bonchev–Trinajstić information content (AvgIpc) is 3.30. The summed E-state index contributed by atoms with van der Waals surface area (Å²) in [5, 5.41) is 13.3. The Hall–Kier alpha value is -2.29. The Balaban J connectivity index is 0.000000509. The van der Waals surface area contributed by atoms with Crippen LogP contribution in [0.25, 0.3) is 6.08 Å². The molecule has 14 heteroatoms. The zero-order valence-electron chi connectivity index (χ0n) is 17.9. The van der Waals surface area contributed by atoms with Crippen molar-refractivity contribution in [1.29, 1.82) is 0 Å².